The maximum Gasteiger partial charge on any atom is 0.416 e. The smallest absolute Gasteiger partial charge is 0.338 e. The molecule has 3 nitrogen and oxygen atoms in total. The van der Waals surface area contributed by atoms with Gasteiger partial charge in [-0.3, -0.25) is 9.69 Å². The largest absolute Gasteiger partial charge is 0.416 e. The summed E-state index contributed by atoms with van der Waals surface area (Å²) in [5, 5.41) is 0. The van der Waals surface area contributed by atoms with Crippen molar-refractivity contribution in [1.82, 2.24) is 9.80 Å². The summed E-state index contributed by atoms with van der Waals surface area (Å²) >= 11 is 0. The number of rotatable bonds is 8. The van der Waals surface area contributed by atoms with Crippen LogP contribution in [0.15, 0.2) is 72.8 Å². The van der Waals surface area contributed by atoms with Gasteiger partial charge in [-0.15, -0.1) is 0 Å². The third kappa shape index (κ3) is 7.01. The van der Waals surface area contributed by atoms with E-state index in [4.69, 9.17) is 0 Å². The van der Waals surface area contributed by atoms with Crippen molar-refractivity contribution in [3.05, 3.63) is 106 Å². The maximum atomic E-state index is 13.5. The lowest BCUT2D eigenvalue weighted by atomic mass is 9.87. The third-order valence-electron chi connectivity index (χ3n) is 7.07. The quantitative estimate of drug-likeness (QED) is 0.291. The SMILES string of the molecule is Cc1cccc(CN2C[C@@H](CN(CC(C)C)C(=O)c3ccc(F)cc3)[C@H](c3cccc(C(F)(F)F)c3)C2)c1. The van der Waals surface area contributed by atoms with Crippen LogP contribution in [-0.2, 0) is 12.7 Å². The van der Waals surface area contributed by atoms with E-state index in [1.165, 1.54) is 36.4 Å². The minimum Gasteiger partial charge on any atom is -0.338 e. The number of carbonyl (C=O) groups is 1. The minimum atomic E-state index is -4.42. The van der Waals surface area contributed by atoms with Crippen LogP contribution in [0.2, 0.25) is 0 Å². The van der Waals surface area contributed by atoms with Crippen molar-refractivity contribution in [2.24, 2.45) is 11.8 Å². The Balaban J connectivity index is 1.63. The lowest BCUT2D eigenvalue weighted by molar-refractivity contribution is -0.137. The van der Waals surface area contributed by atoms with Crippen LogP contribution >= 0.6 is 0 Å². The zero-order valence-corrected chi connectivity index (χ0v) is 22.0. The molecule has 3 aromatic rings. The summed E-state index contributed by atoms with van der Waals surface area (Å²) in [5.41, 5.74) is 2.68. The fourth-order valence-electron chi connectivity index (χ4n) is 5.41. The summed E-state index contributed by atoms with van der Waals surface area (Å²) in [4.78, 5) is 17.5. The molecule has 38 heavy (non-hydrogen) atoms. The molecule has 4 rings (SSSR count). The molecule has 0 radical (unpaired) electrons. The summed E-state index contributed by atoms with van der Waals surface area (Å²) in [7, 11) is 0. The molecule has 1 fully saturated rings. The number of nitrogens with zero attached hydrogens (tertiary/aromatic N) is 2. The molecule has 0 saturated carbocycles. The Morgan fingerprint density at radius 1 is 1.00 bits per heavy atom. The van der Waals surface area contributed by atoms with E-state index in [-0.39, 0.29) is 23.7 Å². The number of hydrogen-bond acceptors (Lipinski definition) is 2. The molecule has 0 aromatic heterocycles. The van der Waals surface area contributed by atoms with Crippen LogP contribution in [0.25, 0.3) is 0 Å². The van der Waals surface area contributed by atoms with E-state index in [0.717, 1.165) is 17.2 Å². The Labute approximate surface area is 222 Å². The molecule has 0 spiro atoms. The number of benzene rings is 3. The van der Waals surface area contributed by atoms with E-state index in [0.29, 0.717) is 43.9 Å². The lowest BCUT2D eigenvalue weighted by Crippen LogP contribution is -2.39. The Bertz CT molecular complexity index is 1240. The summed E-state index contributed by atoms with van der Waals surface area (Å²) < 4.78 is 54.1. The fourth-order valence-corrected chi connectivity index (χ4v) is 5.41. The van der Waals surface area contributed by atoms with Crippen molar-refractivity contribution in [2.75, 3.05) is 26.2 Å². The minimum absolute atomic E-state index is 0.0635. The average molecular weight is 527 g/mol. The number of likely N-dealkylation sites (tertiary alicyclic amines) is 1. The van der Waals surface area contributed by atoms with E-state index in [9.17, 15) is 22.4 Å². The summed E-state index contributed by atoms with van der Waals surface area (Å²) in [6, 6.07) is 19.3. The molecule has 0 unspecified atom stereocenters. The highest BCUT2D eigenvalue weighted by molar-refractivity contribution is 5.94. The van der Waals surface area contributed by atoms with E-state index in [1.54, 1.807) is 11.0 Å². The van der Waals surface area contributed by atoms with Gasteiger partial charge >= 0.3 is 6.18 Å². The van der Waals surface area contributed by atoms with Crippen LogP contribution in [-0.4, -0.2) is 41.9 Å². The molecule has 1 saturated heterocycles. The second kappa shape index (κ2) is 11.7. The highest BCUT2D eigenvalue weighted by Crippen LogP contribution is 2.37. The van der Waals surface area contributed by atoms with Gasteiger partial charge in [-0.05, 0) is 60.2 Å². The molecule has 3 aromatic carbocycles. The number of aryl methyl sites for hydroxylation is 1. The van der Waals surface area contributed by atoms with Gasteiger partial charge in [0, 0.05) is 44.2 Å². The van der Waals surface area contributed by atoms with Gasteiger partial charge in [-0.25, -0.2) is 4.39 Å². The zero-order valence-electron chi connectivity index (χ0n) is 22.0. The van der Waals surface area contributed by atoms with Gasteiger partial charge in [-0.1, -0.05) is 61.9 Å². The van der Waals surface area contributed by atoms with Crippen LogP contribution in [0.1, 0.15) is 52.4 Å². The van der Waals surface area contributed by atoms with E-state index >= 15 is 0 Å². The molecule has 0 aliphatic carbocycles. The van der Waals surface area contributed by atoms with Gasteiger partial charge in [0.25, 0.3) is 5.91 Å². The lowest BCUT2D eigenvalue weighted by Gasteiger charge is -2.30. The maximum absolute atomic E-state index is 13.5. The normalized spacial score (nSPS) is 18.2. The van der Waals surface area contributed by atoms with Gasteiger partial charge in [0.15, 0.2) is 0 Å². The molecule has 2 atom stereocenters. The van der Waals surface area contributed by atoms with Crippen LogP contribution in [0.4, 0.5) is 17.6 Å². The molecule has 0 bridgehead atoms. The summed E-state index contributed by atoms with van der Waals surface area (Å²) in [5.74, 6) is -0.650. The Kier molecular flexibility index (Phi) is 8.56. The highest BCUT2D eigenvalue weighted by Gasteiger charge is 2.38. The first-order valence-corrected chi connectivity index (χ1v) is 13.0. The topological polar surface area (TPSA) is 23.6 Å². The van der Waals surface area contributed by atoms with Crippen molar-refractivity contribution < 1.29 is 22.4 Å². The fraction of sp³-hybridized carbons (Fsp3) is 0.387. The molecular weight excluding hydrogens is 492 g/mol. The van der Waals surface area contributed by atoms with Crippen LogP contribution in [0.3, 0.4) is 0 Å². The molecule has 202 valence electrons. The number of amides is 1. The molecule has 0 N–H and O–H groups in total. The van der Waals surface area contributed by atoms with E-state index in [2.05, 4.69) is 17.0 Å². The number of halogens is 4. The van der Waals surface area contributed by atoms with Gasteiger partial charge in [-0.2, -0.15) is 13.2 Å². The summed E-state index contributed by atoms with van der Waals surface area (Å²) in [6.45, 7) is 8.91. The molecule has 1 aliphatic rings. The second-order valence-electron chi connectivity index (χ2n) is 10.8. The number of hydrogen-bond donors (Lipinski definition) is 0. The molecule has 1 heterocycles. The number of alkyl halides is 3. The molecular formula is C31H34F4N2O. The average Bonchev–Trinajstić information content (AvgIpc) is 3.25. The molecule has 1 aliphatic heterocycles. The van der Waals surface area contributed by atoms with Gasteiger partial charge < -0.3 is 4.90 Å². The monoisotopic (exact) mass is 526 g/mol. The highest BCUT2D eigenvalue weighted by atomic mass is 19.4. The molecule has 7 heteroatoms. The third-order valence-corrected chi connectivity index (χ3v) is 7.07. The Morgan fingerprint density at radius 3 is 2.37 bits per heavy atom. The van der Waals surface area contributed by atoms with E-state index in [1.807, 2.05) is 32.9 Å². The van der Waals surface area contributed by atoms with Gasteiger partial charge in [0.1, 0.15) is 5.82 Å². The van der Waals surface area contributed by atoms with E-state index < -0.39 is 17.6 Å². The second-order valence-corrected chi connectivity index (χ2v) is 10.8. The summed E-state index contributed by atoms with van der Waals surface area (Å²) in [6.07, 6.45) is -4.42. The van der Waals surface area contributed by atoms with Crippen LogP contribution in [0, 0.1) is 24.6 Å². The zero-order chi connectivity index (χ0) is 27.4. The Morgan fingerprint density at radius 2 is 1.71 bits per heavy atom. The van der Waals surface area contributed by atoms with Crippen molar-refractivity contribution in [3.63, 3.8) is 0 Å². The first-order chi connectivity index (χ1) is 18.0. The number of carbonyl (C=O) groups excluding carboxylic acids is 1. The first kappa shape index (κ1) is 27.8. The van der Waals surface area contributed by atoms with Crippen molar-refractivity contribution >= 4 is 5.91 Å². The van der Waals surface area contributed by atoms with Crippen molar-refractivity contribution in [3.8, 4) is 0 Å². The Hall–Kier alpha value is -3.19. The first-order valence-electron chi connectivity index (χ1n) is 13.0. The van der Waals surface area contributed by atoms with Crippen molar-refractivity contribution in [1.29, 1.82) is 0 Å². The van der Waals surface area contributed by atoms with Crippen LogP contribution < -0.4 is 0 Å². The van der Waals surface area contributed by atoms with Gasteiger partial charge in [0.05, 0.1) is 5.56 Å². The van der Waals surface area contributed by atoms with Gasteiger partial charge in [0.2, 0.25) is 0 Å². The predicted molar refractivity (Wildman–Crippen MR) is 141 cm³/mol. The van der Waals surface area contributed by atoms with Crippen LogP contribution in [0.5, 0.6) is 0 Å². The van der Waals surface area contributed by atoms with Crippen molar-refractivity contribution in [2.45, 2.75) is 39.4 Å². The predicted octanol–water partition coefficient (Wildman–Crippen LogP) is 7.17. The standard InChI is InChI=1S/C31H34F4N2O/c1-21(2)16-37(30(38)24-10-12-28(32)13-11-24)19-26-18-36(17-23-7-4-6-22(3)14-23)20-29(26)25-8-5-9-27(15-25)31(33,34)35/h4-15,21,26,29H,16-20H2,1-3H3/t26-,29-/m0/s1. The molecule has 1 amide bonds.